The highest BCUT2D eigenvalue weighted by Gasteiger charge is 2.22. The van der Waals surface area contributed by atoms with Crippen molar-refractivity contribution in [2.75, 3.05) is 5.32 Å². The Morgan fingerprint density at radius 1 is 1.14 bits per heavy atom. The second-order valence-corrected chi connectivity index (χ2v) is 7.06. The minimum Gasteiger partial charge on any atom is -0.310 e. The quantitative estimate of drug-likeness (QED) is 0.697. The molecular formula is C21H19ClFN3O2. The molecule has 0 aliphatic heterocycles. The Bertz CT molecular complexity index is 1090. The molecule has 1 N–H and O–H groups in total. The van der Waals surface area contributed by atoms with Crippen LogP contribution >= 0.6 is 11.6 Å². The number of nitrogens with zero attached hydrogens (tertiary/aromatic N) is 2. The van der Waals surface area contributed by atoms with Gasteiger partial charge in [-0.2, -0.15) is 5.10 Å². The van der Waals surface area contributed by atoms with Crippen molar-refractivity contribution >= 4 is 23.3 Å². The number of hydrogen-bond donors (Lipinski definition) is 1. The minimum atomic E-state index is -0.402. The fourth-order valence-corrected chi connectivity index (χ4v) is 2.93. The number of nitrogens with one attached hydrogen (secondary N) is 1. The zero-order valence-electron chi connectivity index (χ0n) is 15.7. The summed E-state index contributed by atoms with van der Waals surface area (Å²) in [7, 11) is 0. The Morgan fingerprint density at radius 2 is 1.79 bits per heavy atom. The molecule has 3 aromatic rings. The number of aromatic nitrogens is 2. The van der Waals surface area contributed by atoms with E-state index in [1.165, 1.54) is 28.9 Å². The van der Waals surface area contributed by atoms with E-state index in [0.717, 1.165) is 0 Å². The molecule has 7 heteroatoms. The molecule has 0 unspecified atom stereocenters. The summed E-state index contributed by atoms with van der Waals surface area (Å²) in [5, 5.41) is 7.49. The maximum absolute atomic E-state index is 13.4. The molecule has 0 radical (unpaired) electrons. The molecule has 3 rings (SSSR count). The summed E-state index contributed by atoms with van der Waals surface area (Å²) in [4.78, 5) is 25.5. The number of amides is 1. The fourth-order valence-electron chi connectivity index (χ4n) is 2.70. The standard InChI is InChI=1S/C21H19ClFN3O2/c1-12(2)21(28)24-20-18(16-6-4-5-7-17(16)22)19(27)13(3)25-26(20)15-10-8-14(23)9-11-15/h4-12H,1-3H3,(H,24,28). The average molecular weight is 400 g/mol. The number of benzene rings is 2. The van der Waals surface area contributed by atoms with E-state index in [9.17, 15) is 14.0 Å². The van der Waals surface area contributed by atoms with Gasteiger partial charge in [0.25, 0.3) is 0 Å². The van der Waals surface area contributed by atoms with Crippen molar-refractivity contribution in [3.8, 4) is 16.8 Å². The summed E-state index contributed by atoms with van der Waals surface area (Å²) < 4.78 is 14.8. The van der Waals surface area contributed by atoms with Crippen LogP contribution in [0.25, 0.3) is 16.8 Å². The van der Waals surface area contributed by atoms with Crippen molar-refractivity contribution in [1.29, 1.82) is 0 Å². The first-order chi connectivity index (χ1) is 13.3. The highest BCUT2D eigenvalue weighted by atomic mass is 35.5. The zero-order chi connectivity index (χ0) is 20.4. The minimum absolute atomic E-state index is 0.189. The molecule has 1 amide bonds. The van der Waals surface area contributed by atoms with Gasteiger partial charge in [-0.25, -0.2) is 9.07 Å². The van der Waals surface area contributed by atoms with Crippen LogP contribution in [-0.2, 0) is 4.79 Å². The topological polar surface area (TPSA) is 64.0 Å². The molecule has 2 aromatic carbocycles. The van der Waals surface area contributed by atoms with Gasteiger partial charge in [-0.05, 0) is 37.3 Å². The molecule has 1 aromatic heterocycles. The Labute approximate surface area is 166 Å². The summed E-state index contributed by atoms with van der Waals surface area (Å²) in [6, 6.07) is 12.5. The molecule has 1 heterocycles. The summed E-state index contributed by atoms with van der Waals surface area (Å²) in [5.41, 5.74) is 1.09. The summed E-state index contributed by atoms with van der Waals surface area (Å²) >= 11 is 6.34. The molecule has 0 aliphatic rings. The Kier molecular flexibility index (Phi) is 5.61. The van der Waals surface area contributed by atoms with E-state index >= 15 is 0 Å². The predicted molar refractivity (Wildman–Crippen MR) is 108 cm³/mol. The summed E-state index contributed by atoms with van der Waals surface area (Å²) in [6.45, 7) is 5.07. The lowest BCUT2D eigenvalue weighted by atomic mass is 10.0. The first-order valence-electron chi connectivity index (χ1n) is 8.75. The molecule has 0 saturated carbocycles. The van der Waals surface area contributed by atoms with Crippen LogP contribution in [0, 0.1) is 18.7 Å². The van der Waals surface area contributed by atoms with Gasteiger partial charge >= 0.3 is 0 Å². The van der Waals surface area contributed by atoms with Crippen molar-refractivity contribution in [2.45, 2.75) is 20.8 Å². The fraction of sp³-hybridized carbons (Fsp3) is 0.190. The van der Waals surface area contributed by atoms with Gasteiger partial charge in [-0.15, -0.1) is 0 Å². The predicted octanol–water partition coefficient (Wildman–Crippen LogP) is 4.59. The van der Waals surface area contributed by atoms with E-state index in [-0.39, 0.29) is 34.3 Å². The Balaban J connectivity index is 2.37. The van der Waals surface area contributed by atoms with Crippen molar-refractivity contribution in [3.63, 3.8) is 0 Å². The van der Waals surface area contributed by atoms with E-state index < -0.39 is 5.82 Å². The third kappa shape index (κ3) is 3.82. The van der Waals surface area contributed by atoms with Gasteiger partial charge in [0.05, 0.1) is 11.3 Å². The maximum Gasteiger partial charge on any atom is 0.228 e. The summed E-state index contributed by atoms with van der Waals surface area (Å²) in [6.07, 6.45) is 0. The molecule has 144 valence electrons. The normalized spacial score (nSPS) is 10.9. The van der Waals surface area contributed by atoms with Gasteiger partial charge in [0.2, 0.25) is 11.3 Å². The van der Waals surface area contributed by atoms with Crippen molar-refractivity contribution in [1.82, 2.24) is 9.78 Å². The molecule has 0 fully saturated rings. The molecule has 0 spiro atoms. The lowest BCUT2D eigenvalue weighted by Crippen LogP contribution is -2.27. The van der Waals surface area contributed by atoms with Crippen LogP contribution in [0.3, 0.4) is 0 Å². The SMILES string of the molecule is Cc1nn(-c2ccc(F)cc2)c(NC(=O)C(C)C)c(-c2ccccc2Cl)c1=O. The highest BCUT2D eigenvalue weighted by Crippen LogP contribution is 2.32. The number of carbonyl (C=O) groups is 1. The van der Waals surface area contributed by atoms with Gasteiger partial charge in [-0.1, -0.05) is 43.6 Å². The third-order valence-electron chi connectivity index (χ3n) is 4.23. The number of aryl methyl sites for hydroxylation is 1. The van der Waals surface area contributed by atoms with E-state index in [2.05, 4.69) is 10.4 Å². The first kappa shape index (κ1) is 19.8. The van der Waals surface area contributed by atoms with Crippen molar-refractivity contribution in [2.24, 2.45) is 5.92 Å². The second kappa shape index (κ2) is 7.94. The van der Waals surface area contributed by atoms with E-state index in [4.69, 9.17) is 11.6 Å². The van der Waals surface area contributed by atoms with Crippen LogP contribution < -0.4 is 10.7 Å². The van der Waals surface area contributed by atoms with Crippen LogP contribution in [0.5, 0.6) is 0 Å². The van der Waals surface area contributed by atoms with E-state index in [1.807, 2.05) is 0 Å². The van der Waals surface area contributed by atoms with Crippen LogP contribution in [0.15, 0.2) is 53.3 Å². The number of rotatable bonds is 4. The lowest BCUT2D eigenvalue weighted by Gasteiger charge is -2.19. The lowest BCUT2D eigenvalue weighted by molar-refractivity contribution is -0.118. The molecule has 5 nitrogen and oxygen atoms in total. The van der Waals surface area contributed by atoms with Crippen LogP contribution in [0.2, 0.25) is 5.02 Å². The molecule has 0 saturated heterocycles. The number of anilines is 1. The monoisotopic (exact) mass is 399 g/mol. The number of hydrogen-bond acceptors (Lipinski definition) is 3. The van der Waals surface area contributed by atoms with Crippen molar-refractivity contribution < 1.29 is 9.18 Å². The number of halogens is 2. The van der Waals surface area contributed by atoms with Crippen molar-refractivity contribution in [3.05, 3.63) is 75.3 Å². The van der Waals surface area contributed by atoms with Crippen LogP contribution in [0.4, 0.5) is 10.2 Å². The van der Waals surface area contributed by atoms with Gasteiger partial charge in [0.1, 0.15) is 17.3 Å². The molecule has 28 heavy (non-hydrogen) atoms. The zero-order valence-corrected chi connectivity index (χ0v) is 16.4. The highest BCUT2D eigenvalue weighted by molar-refractivity contribution is 6.33. The first-order valence-corrected chi connectivity index (χ1v) is 9.13. The molecule has 0 bridgehead atoms. The number of carbonyl (C=O) groups excluding carboxylic acids is 1. The third-order valence-corrected chi connectivity index (χ3v) is 4.56. The van der Waals surface area contributed by atoms with Gasteiger partial charge in [-0.3, -0.25) is 9.59 Å². The molecule has 0 aliphatic carbocycles. The smallest absolute Gasteiger partial charge is 0.228 e. The Morgan fingerprint density at radius 3 is 2.39 bits per heavy atom. The average Bonchev–Trinajstić information content (AvgIpc) is 2.66. The van der Waals surface area contributed by atoms with Gasteiger partial charge < -0.3 is 5.32 Å². The molecule has 0 atom stereocenters. The molecular weight excluding hydrogens is 381 g/mol. The summed E-state index contributed by atoms with van der Waals surface area (Å²) in [5.74, 6) is -0.819. The van der Waals surface area contributed by atoms with Gasteiger partial charge in [0.15, 0.2) is 0 Å². The maximum atomic E-state index is 13.4. The largest absolute Gasteiger partial charge is 0.310 e. The van der Waals surface area contributed by atoms with Crippen LogP contribution in [-0.4, -0.2) is 15.7 Å². The second-order valence-electron chi connectivity index (χ2n) is 6.65. The van der Waals surface area contributed by atoms with E-state index in [0.29, 0.717) is 16.3 Å². The van der Waals surface area contributed by atoms with Crippen LogP contribution in [0.1, 0.15) is 19.5 Å². The van der Waals surface area contributed by atoms with E-state index in [1.54, 1.807) is 45.0 Å². The van der Waals surface area contributed by atoms with Gasteiger partial charge in [0, 0.05) is 16.5 Å². The Hall–Kier alpha value is -2.99.